The third-order valence-corrected chi connectivity index (χ3v) is 2.75. The lowest BCUT2D eigenvalue weighted by Gasteiger charge is -2.14. The molecular weight excluding hydrogens is 243 g/mol. The summed E-state index contributed by atoms with van der Waals surface area (Å²) in [6.07, 6.45) is 3.07. The van der Waals surface area contributed by atoms with Crippen LogP contribution in [0.15, 0.2) is 0 Å². The highest BCUT2D eigenvalue weighted by Gasteiger charge is 2.27. The maximum Gasteiger partial charge on any atom is 0.411 e. The van der Waals surface area contributed by atoms with Crippen LogP contribution in [0.4, 0.5) is 13.2 Å². The minimum absolute atomic E-state index is 0.111. The highest BCUT2D eigenvalue weighted by atomic mass is 19.4. The predicted octanol–water partition coefficient (Wildman–Crippen LogP) is 3.90. The van der Waals surface area contributed by atoms with Gasteiger partial charge in [0.25, 0.3) is 0 Å². The Labute approximate surface area is 108 Å². The third-order valence-electron chi connectivity index (χ3n) is 2.75. The van der Waals surface area contributed by atoms with Crippen LogP contribution in [0.3, 0.4) is 0 Å². The van der Waals surface area contributed by atoms with Crippen molar-refractivity contribution in [1.82, 2.24) is 5.32 Å². The topological polar surface area (TPSA) is 21.3 Å². The molecule has 0 aliphatic heterocycles. The second-order valence-electron chi connectivity index (χ2n) is 4.73. The van der Waals surface area contributed by atoms with Crippen molar-refractivity contribution in [2.45, 2.75) is 64.6 Å². The smallest absolute Gasteiger partial charge is 0.371 e. The van der Waals surface area contributed by atoms with E-state index < -0.39 is 12.8 Å². The van der Waals surface area contributed by atoms with E-state index in [2.05, 4.69) is 23.9 Å². The molecule has 0 aliphatic carbocycles. The Morgan fingerprint density at radius 1 is 1.11 bits per heavy atom. The van der Waals surface area contributed by atoms with Crippen molar-refractivity contribution >= 4 is 0 Å². The second kappa shape index (κ2) is 10.6. The summed E-state index contributed by atoms with van der Waals surface area (Å²) in [4.78, 5) is 0. The highest BCUT2D eigenvalue weighted by Crippen LogP contribution is 2.14. The van der Waals surface area contributed by atoms with Gasteiger partial charge in [0.2, 0.25) is 0 Å². The monoisotopic (exact) mass is 269 g/mol. The molecule has 0 aromatic rings. The standard InChI is InChI=1S/C13H26F3NO/c1-3-4-5-6-7-8-12(2)17-9-10-18-11-13(14,15)16/h12,17H,3-11H2,1-2H3. The van der Waals surface area contributed by atoms with Crippen LogP contribution in [-0.4, -0.2) is 32.0 Å². The van der Waals surface area contributed by atoms with Crippen molar-refractivity contribution in [3.8, 4) is 0 Å². The lowest BCUT2D eigenvalue weighted by atomic mass is 10.1. The van der Waals surface area contributed by atoms with Gasteiger partial charge in [0.1, 0.15) is 6.61 Å². The first kappa shape index (κ1) is 17.7. The molecule has 0 aliphatic rings. The Morgan fingerprint density at radius 3 is 2.39 bits per heavy atom. The SMILES string of the molecule is CCCCCCCC(C)NCCOCC(F)(F)F. The molecule has 2 nitrogen and oxygen atoms in total. The summed E-state index contributed by atoms with van der Waals surface area (Å²) < 4.78 is 39.8. The Morgan fingerprint density at radius 2 is 1.78 bits per heavy atom. The number of halogens is 3. The molecule has 0 amide bonds. The summed E-state index contributed by atoms with van der Waals surface area (Å²) in [6, 6.07) is 0.348. The van der Waals surface area contributed by atoms with E-state index in [1.54, 1.807) is 0 Å². The van der Waals surface area contributed by atoms with Gasteiger partial charge in [-0.3, -0.25) is 0 Å². The van der Waals surface area contributed by atoms with Crippen LogP contribution in [0.2, 0.25) is 0 Å². The first-order valence-electron chi connectivity index (χ1n) is 6.83. The first-order chi connectivity index (χ1) is 8.45. The fraction of sp³-hybridized carbons (Fsp3) is 1.00. The molecule has 0 saturated heterocycles. The van der Waals surface area contributed by atoms with Gasteiger partial charge in [-0.1, -0.05) is 39.0 Å². The van der Waals surface area contributed by atoms with Crippen LogP contribution >= 0.6 is 0 Å². The highest BCUT2D eigenvalue weighted by molar-refractivity contribution is 4.60. The molecule has 18 heavy (non-hydrogen) atoms. The average molecular weight is 269 g/mol. The van der Waals surface area contributed by atoms with Crippen molar-refractivity contribution in [2.24, 2.45) is 0 Å². The molecule has 0 bridgehead atoms. The first-order valence-corrected chi connectivity index (χ1v) is 6.83. The minimum Gasteiger partial charge on any atom is -0.371 e. The maximum atomic E-state index is 11.8. The number of unbranched alkanes of at least 4 members (excludes halogenated alkanes) is 4. The fourth-order valence-electron chi connectivity index (χ4n) is 1.72. The van der Waals surface area contributed by atoms with E-state index in [-0.39, 0.29) is 6.61 Å². The molecule has 5 heteroatoms. The van der Waals surface area contributed by atoms with E-state index in [9.17, 15) is 13.2 Å². The van der Waals surface area contributed by atoms with Gasteiger partial charge in [-0.25, -0.2) is 0 Å². The molecule has 0 heterocycles. The molecule has 110 valence electrons. The third kappa shape index (κ3) is 13.8. The van der Waals surface area contributed by atoms with Crippen LogP contribution in [0.5, 0.6) is 0 Å². The summed E-state index contributed by atoms with van der Waals surface area (Å²) >= 11 is 0. The number of alkyl halides is 3. The van der Waals surface area contributed by atoms with Crippen LogP contribution in [0.1, 0.15) is 52.4 Å². The minimum atomic E-state index is -4.22. The molecule has 0 aromatic carbocycles. The van der Waals surface area contributed by atoms with E-state index in [4.69, 9.17) is 0 Å². The fourth-order valence-corrected chi connectivity index (χ4v) is 1.72. The van der Waals surface area contributed by atoms with Crippen molar-refractivity contribution in [1.29, 1.82) is 0 Å². The number of hydrogen-bond acceptors (Lipinski definition) is 2. The van der Waals surface area contributed by atoms with Crippen molar-refractivity contribution in [3.63, 3.8) is 0 Å². The number of nitrogens with one attached hydrogen (secondary N) is 1. The van der Waals surface area contributed by atoms with Gasteiger partial charge in [-0.2, -0.15) is 13.2 Å². The molecule has 1 unspecified atom stereocenters. The molecule has 0 fully saturated rings. The zero-order chi connectivity index (χ0) is 13.9. The average Bonchev–Trinajstić information content (AvgIpc) is 2.27. The van der Waals surface area contributed by atoms with E-state index >= 15 is 0 Å². The number of rotatable bonds is 11. The maximum absolute atomic E-state index is 11.8. The number of ether oxygens (including phenoxy) is 1. The van der Waals surface area contributed by atoms with Gasteiger partial charge in [0, 0.05) is 12.6 Å². The zero-order valence-corrected chi connectivity index (χ0v) is 11.5. The van der Waals surface area contributed by atoms with Gasteiger partial charge in [0.15, 0.2) is 0 Å². The zero-order valence-electron chi connectivity index (χ0n) is 11.5. The van der Waals surface area contributed by atoms with Gasteiger partial charge in [-0.05, 0) is 13.3 Å². The molecule has 0 saturated carbocycles. The van der Waals surface area contributed by atoms with Gasteiger partial charge >= 0.3 is 6.18 Å². The summed E-state index contributed by atoms with van der Waals surface area (Å²) in [7, 11) is 0. The van der Waals surface area contributed by atoms with Crippen molar-refractivity contribution < 1.29 is 17.9 Å². The molecule has 0 rings (SSSR count). The van der Waals surface area contributed by atoms with Crippen LogP contribution in [0.25, 0.3) is 0 Å². The van der Waals surface area contributed by atoms with Gasteiger partial charge in [-0.15, -0.1) is 0 Å². The van der Waals surface area contributed by atoms with E-state index in [0.29, 0.717) is 12.6 Å². The Bertz CT molecular complexity index is 186. The van der Waals surface area contributed by atoms with Crippen molar-refractivity contribution in [3.05, 3.63) is 0 Å². The number of hydrogen-bond donors (Lipinski definition) is 1. The second-order valence-corrected chi connectivity index (χ2v) is 4.73. The molecule has 0 spiro atoms. The molecule has 0 aromatic heterocycles. The summed E-state index contributed by atoms with van der Waals surface area (Å²) in [5.74, 6) is 0. The normalized spacial score (nSPS) is 13.8. The van der Waals surface area contributed by atoms with Crippen molar-refractivity contribution in [2.75, 3.05) is 19.8 Å². The summed E-state index contributed by atoms with van der Waals surface area (Å²) in [6.45, 7) is 3.68. The largest absolute Gasteiger partial charge is 0.411 e. The van der Waals surface area contributed by atoms with Crippen LogP contribution in [-0.2, 0) is 4.74 Å². The van der Waals surface area contributed by atoms with E-state index in [1.807, 2.05) is 0 Å². The molecular formula is C13H26F3NO. The van der Waals surface area contributed by atoms with Gasteiger partial charge in [0.05, 0.1) is 6.61 Å². The van der Waals surface area contributed by atoms with Crippen LogP contribution < -0.4 is 5.32 Å². The van der Waals surface area contributed by atoms with Gasteiger partial charge < -0.3 is 10.1 Å². The lowest BCUT2D eigenvalue weighted by Crippen LogP contribution is -2.30. The molecule has 1 atom stereocenters. The summed E-state index contributed by atoms with van der Waals surface area (Å²) in [5, 5.41) is 3.17. The lowest BCUT2D eigenvalue weighted by molar-refractivity contribution is -0.173. The van der Waals surface area contributed by atoms with E-state index in [0.717, 1.165) is 6.42 Å². The predicted molar refractivity (Wildman–Crippen MR) is 67.7 cm³/mol. The van der Waals surface area contributed by atoms with E-state index in [1.165, 1.54) is 32.1 Å². The molecule has 0 radical (unpaired) electrons. The summed E-state index contributed by atoms with van der Waals surface area (Å²) in [5.41, 5.74) is 0. The van der Waals surface area contributed by atoms with Crippen LogP contribution in [0, 0.1) is 0 Å². The quantitative estimate of drug-likeness (QED) is 0.574. The Kier molecular flexibility index (Phi) is 10.4. The molecule has 1 N–H and O–H groups in total. The Balaban J connectivity index is 3.24. The Hall–Kier alpha value is -0.290.